The number of hydrogen-bond donors (Lipinski definition) is 1. The van der Waals surface area contributed by atoms with Gasteiger partial charge in [0, 0.05) is 30.8 Å². The largest absolute Gasteiger partial charge is 0.497 e. The number of methoxy groups -OCH3 is 3. The van der Waals surface area contributed by atoms with Crippen LogP contribution in [0.2, 0.25) is 0 Å². The van der Waals surface area contributed by atoms with Crippen molar-refractivity contribution in [1.29, 1.82) is 0 Å². The molecule has 2 heterocycles. The van der Waals surface area contributed by atoms with Gasteiger partial charge in [0.15, 0.2) is 0 Å². The van der Waals surface area contributed by atoms with Crippen LogP contribution in [0, 0.1) is 5.92 Å². The minimum Gasteiger partial charge on any atom is -0.497 e. The molecule has 1 aromatic heterocycles. The van der Waals surface area contributed by atoms with Gasteiger partial charge in [-0.2, -0.15) is 0 Å². The third kappa shape index (κ3) is 5.16. The van der Waals surface area contributed by atoms with E-state index in [9.17, 15) is 4.79 Å². The number of carbonyl (C=O) groups excluding carboxylic acids is 1. The summed E-state index contributed by atoms with van der Waals surface area (Å²) < 4.78 is 15.9. The predicted molar refractivity (Wildman–Crippen MR) is 127 cm³/mol. The maximum atomic E-state index is 13.1. The summed E-state index contributed by atoms with van der Waals surface area (Å²) in [6.45, 7) is 1.42. The standard InChI is InChI=1S/C25H28N4O4/c1-31-19-8-6-17(7-9-19)21-14-24(27-16-26-21)29-12-4-5-18(15-29)25(30)28-22-13-20(32-2)10-11-23(22)33-3/h6-11,13-14,16,18H,4-5,12,15H2,1-3H3,(H,28,30). The van der Waals surface area contributed by atoms with Gasteiger partial charge in [0.1, 0.15) is 29.4 Å². The zero-order chi connectivity index (χ0) is 23.2. The fourth-order valence-corrected chi connectivity index (χ4v) is 3.99. The van der Waals surface area contributed by atoms with Crippen LogP contribution < -0.4 is 24.4 Å². The van der Waals surface area contributed by atoms with Crippen molar-refractivity contribution in [3.8, 4) is 28.5 Å². The summed E-state index contributed by atoms with van der Waals surface area (Å²) in [6.07, 6.45) is 3.28. The van der Waals surface area contributed by atoms with Gasteiger partial charge in [-0.1, -0.05) is 0 Å². The summed E-state index contributed by atoms with van der Waals surface area (Å²) in [7, 11) is 4.81. The highest BCUT2D eigenvalue weighted by molar-refractivity contribution is 5.94. The highest BCUT2D eigenvalue weighted by Crippen LogP contribution is 2.31. The van der Waals surface area contributed by atoms with Crippen LogP contribution in [-0.2, 0) is 4.79 Å². The lowest BCUT2D eigenvalue weighted by Gasteiger charge is -2.33. The van der Waals surface area contributed by atoms with Crippen molar-refractivity contribution in [2.24, 2.45) is 5.92 Å². The Morgan fingerprint density at radius 3 is 2.45 bits per heavy atom. The first-order valence-corrected chi connectivity index (χ1v) is 10.9. The summed E-state index contributed by atoms with van der Waals surface area (Å²) in [5.41, 5.74) is 2.41. The molecule has 8 heteroatoms. The van der Waals surface area contributed by atoms with E-state index < -0.39 is 0 Å². The number of benzene rings is 2. The molecule has 4 rings (SSSR count). The van der Waals surface area contributed by atoms with E-state index in [1.165, 1.54) is 0 Å². The third-order valence-electron chi connectivity index (χ3n) is 5.82. The van der Waals surface area contributed by atoms with Gasteiger partial charge in [0.05, 0.1) is 38.6 Å². The topological polar surface area (TPSA) is 85.8 Å². The lowest BCUT2D eigenvalue weighted by atomic mass is 9.97. The van der Waals surface area contributed by atoms with E-state index in [1.54, 1.807) is 45.9 Å². The molecule has 3 aromatic rings. The molecule has 1 aliphatic heterocycles. The van der Waals surface area contributed by atoms with Crippen LogP contribution in [0.15, 0.2) is 54.9 Å². The Balaban J connectivity index is 1.48. The molecule has 1 fully saturated rings. The Hall–Kier alpha value is -3.81. The minimum absolute atomic E-state index is 0.0457. The Morgan fingerprint density at radius 2 is 1.73 bits per heavy atom. The number of nitrogens with one attached hydrogen (secondary N) is 1. The van der Waals surface area contributed by atoms with Crippen LogP contribution in [-0.4, -0.2) is 50.3 Å². The van der Waals surface area contributed by atoms with Crippen molar-refractivity contribution in [3.63, 3.8) is 0 Å². The molecule has 1 unspecified atom stereocenters. The second-order valence-electron chi connectivity index (χ2n) is 7.83. The number of nitrogens with zero attached hydrogens (tertiary/aromatic N) is 3. The van der Waals surface area contributed by atoms with Gasteiger partial charge < -0.3 is 24.4 Å². The molecular formula is C25H28N4O4. The van der Waals surface area contributed by atoms with Crippen molar-refractivity contribution < 1.29 is 19.0 Å². The first-order valence-electron chi connectivity index (χ1n) is 10.9. The molecule has 1 amide bonds. The van der Waals surface area contributed by atoms with E-state index in [-0.39, 0.29) is 11.8 Å². The van der Waals surface area contributed by atoms with E-state index in [2.05, 4.69) is 20.2 Å². The zero-order valence-corrected chi connectivity index (χ0v) is 19.1. The number of anilines is 2. The fourth-order valence-electron chi connectivity index (χ4n) is 3.99. The number of ether oxygens (including phenoxy) is 3. The SMILES string of the molecule is COc1ccc(-c2cc(N3CCCC(C(=O)Nc4cc(OC)ccc4OC)C3)ncn2)cc1. The molecular weight excluding hydrogens is 420 g/mol. The highest BCUT2D eigenvalue weighted by atomic mass is 16.5. The molecule has 1 saturated heterocycles. The number of amides is 1. The number of piperidine rings is 1. The fraction of sp³-hybridized carbons (Fsp3) is 0.320. The second-order valence-corrected chi connectivity index (χ2v) is 7.83. The number of aromatic nitrogens is 2. The van der Waals surface area contributed by atoms with Gasteiger partial charge in [-0.25, -0.2) is 9.97 Å². The molecule has 172 valence electrons. The van der Waals surface area contributed by atoms with E-state index in [4.69, 9.17) is 14.2 Å². The summed E-state index contributed by atoms with van der Waals surface area (Å²) >= 11 is 0. The average molecular weight is 449 g/mol. The van der Waals surface area contributed by atoms with Crippen molar-refractivity contribution in [2.45, 2.75) is 12.8 Å². The molecule has 1 aliphatic rings. The lowest BCUT2D eigenvalue weighted by molar-refractivity contribution is -0.120. The van der Waals surface area contributed by atoms with Crippen LogP contribution in [0.5, 0.6) is 17.2 Å². The molecule has 2 aromatic carbocycles. The molecule has 1 atom stereocenters. The molecule has 0 saturated carbocycles. The van der Waals surface area contributed by atoms with E-state index in [1.807, 2.05) is 30.3 Å². The van der Waals surface area contributed by atoms with Crippen LogP contribution in [0.25, 0.3) is 11.3 Å². The van der Waals surface area contributed by atoms with E-state index >= 15 is 0 Å². The smallest absolute Gasteiger partial charge is 0.229 e. The predicted octanol–water partition coefficient (Wildman–Crippen LogP) is 4.02. The van der Waals surface area contributed by atoms with Gasteiger partial charge in [0.25, 0.3) is 0 Å². The number of hydrogen-bond acceptors (Lipinski definition) is 7. The van der Waals surface area contributed by atoms with Gasteiger partial charge in [-0.05, 0) is 49.2 Å². The molecule has 0 radical (unpaired) electrons. The number of carbonyl (C=O) groups is 1. The molecule has 8 nitrogen and oxygen atoms in total. The summed E-state index contributed by atoms with van der Waals surface area (Å²) in [6, 6.07) is 15.1. The van der Waals surface area contributed by atoms with Crippen molar-refractivity contribution in [3.05, 3.63) is 54.9 Å². The van der Waals surface area contributed by atoms with Crippen molar-refractivity contribution in [2.75, 3.05) is 44.6 Å². The van der Waals surface area contributed by atoms with Crippen LogP contribution in [0.1, 0.15) is 12.8 Å². The molecule has 0 spiro atoms. The Kier molecular flexibility index (Phi) is 6.92. The summed E-state index contributed by atoms with van der Waals surface area (Å²) in [5, 5.41) is 3.01. The molecule has 33 heavy (non-hydrogen) atoms. The van der Waals surface area contributed by atoms with Gasteiger partial charge >= 0.3 is 0 Å². The normalized spacial score (nSPS) is 15.6. The Morgan fingerprint density at radius 1 is 0.970 bits per heavy atom. The number of rotatable bonds is 7. The maximum Gasteiger partial charge on any atom is 0.229 e. The third-order valence-corrected chi connectivity index (χ3v) is 5.82. The summed E-state index contributed by atoms with van der Waals surface area (Å²) in [4.78, 5) is 24.1. The first-order chi connectivity index (χ1) is 16.1. The van der Waals surface area contributed by atoms with E-state index in [0.717, 1.165) is 42.2 Å². The second kappa shape index (κ2) is 10.2. The van der Waals surface area contributed by atoms with Crippen LogP contribution in [0.4, 0.5) is 11.5 Å². The van der Waals surface area contributed by atoms with Gasteiger partial charge in [-0.15, -0.1) is 0 Å². The summed E-state index contributed by atoms with van der Waals surface area (Å²) in [5.74, 6) is 2.64. The van der Waals surface area contributed by atoms with Gasteiger partial charge in [-0.3, -0.25) is 4.79 Å². The average Bonchev–Trinajstić information content (AvgIpc) is 2.88. The van der Waals surface area contributed by atoms with Gasteiger partial charge in [0.2, 0.25) is 5.91 Å². The van der Waals surface area contributed by atoms with E-state index in [0.29, 0.717) is 23.7 Å². The Bertz CT molecular complexity index is 1100. The van der Waals surface area contributed by atoms with Crippen LogP contribution in [0.3, 0.4) is 0 Å². The van der Waals surface area contributed by atoms with Crippen molar-refractivity contribution >= 4 is 17.4 Å². The minimum atomic E-state index is -0.172. The maximum absolute atomic E-state index is 13.1. The monoisotopic (exact) mass is 448 g/mol. The molecule has 0 bridgehead atoms. The lowest BCUT2D eigenvalue weighted by Crippen LogP contribution is -2.41. The quantitative estimate of drug-likeness (QED) is 0.584. The van der Waals surface area contributed by atoms with Crippen LogP contribution >= 0.6 is 0 Å². The van der Waals surface area contributed by atoms with Crippen molar-refractivity contribution in [1.82, 2.24) is 9.97 Å². The molecule has 0 aliphatic carbocycles. The zero-order valence-electron chi connectivity index (χ0n) is 19.1. The Labute approximate surface area is 193 Å². The first kappa shape index (κ1) is 22.4. The molecule has 1 N–H and O–H groups in total. The highest BCUT2D eigenvalue weighted by Gasteiger charge is 2.27.